The maximum absolute atomic E-state index is 9.14. The number of aliphatic hydroxyl groups is 1. The maximum Gasteiger partial charge on any atom is 0.0958 e. The molecule has 68 valence electrons. The van der Waals surface area contributed by atoms with Gasteiger partial charge in [-0.05, 0) is 14.0 Å². The summed E-state index contributed by atoms with van der Waals surface area (Å²) < 4.78 is 5.32. The van der Waals surface area contributed by atoms with Gasteiger partial charge in [0.25, 0.3) is 0 Å². The van der Waals surface area contributed by atoms with E-state index in [1.54, 1.807) is 6.92 Å². The molecule has 1 saturated heterocycles. The van der Waals surface area contributed by atoms with Crippen molar-refractivity contribution in [2.45, 2.75) is 19.1 Å². The summed E-state index contributed by atoms with van der Waals surface area (Å²) in [5.74, 6) is 0. The third-order valence-corrected chi connectivity index (χ3v) is 1.83. The number of rotatable bonds is 1. The molecule has 1 fully saturated rings. The molecule has 0 bridgehead atoms. The predicted molar refractivity (Wildman–Crippen MR) is 42.5 cm³/mol. The van der Waals surface area contributed by atoms with Crippen LogP contribution in [0.15, 0.2) is 0 Å². The van der Waals surface area contributed by atoms with E-state index in [1.807, 2.05) is 7.05 Å². The Labute approximate surface area is 67.1 Å². The standard InChI is InChI=1S/C7H15NO2.H2O/c1-6(9)7-5-8(2)3-4-10-7;/h6-7,9H,3-5H2,1-2H3;1H2. The van der Waals surface area contributed by atoms with Gasteiger partial charge in [-0.25, -0.2) is 0 Å². The van der Waals surface area contributed by atoms with E-state index in [-0.39, 0.29) is 17.7 Å². The first-order valence-corrected chi connectivity index (χ1v) is 3.68. The molecule has 1 rings (SSSR count). The molecule has 1 aliphatic rings. The molecule has 0 aliphatic carbocycles. The van der Waals surface area contributed by atoms with Gasteiger partial charge >= 0.3 is 0 Å². The molecule has 0 aromatic heterocycles. The van der Waals surface area contributed by atoms with Crippen LogP contribution in [0.4, 0.5) is 0 Å². The third-order valence-electron chi connectivity index (χ3n) is 1.83. The molecule has 0 aromatic rings. The van der Waals surface area contributed by atoms with Crippen molar-refractivity contribution in [3.8, 4) is 0 Å². The van der Waals surface area contributed by atoms with Crippen molar-refractivity contribution >= 4 is 0 Å². The lowest BCUT2D eigenvalue weighted by molar-refractivity contribution is -0.0767. The lowest BCUT2D eigenvalue weighted by atomic mass is 10.2. The summed E-state index contributed by atoms with van der Waals surface area (Å²) in [6.07, 6.45) is -0.332. The molecule has 1 aliphatic heterocycles. The predicted octanol–water partition coefficient (Wildman–Crippen LogP) is -1.13. The summed E-state index contributed by atoms with van der Waals surface area (Å²) >= 11 is 0. The van der Waals surface area contributed by atoms with Crippen molar-refractivity contribution < 1.29 is 15.3 Å². The molecule has 3 N–H and O–H groups in total. The first-order chi connectivity index (χ1) is 4.70. The Bertz CT molecular complexity index is 108. The van der Waals surface area contributed by atoms with Crippen molar-refractivity contribution in [1.29, 1.82) is 0 Å². The van der Waals surface area contributed by atoms with E-state index in [4.69, 9.17) is 9.84 Å². The van der Waals surface area contributed by atoms with Crippen LogP contribution in [-0.4, -0.2) is 54.4 Å². The highest BCUT2D eigenvalue weighted by atomic mass is 16.5. The normalized spacial score (nSPS) is 29.2. The molecular formula is C7H17NO3. The molecule has 4 nitrogen and oxygen atoms in total. The van der Waals surface area contributed by atoms with E-state index < -0.39 is 0 Å². The fourth-order valence-corrected chi connectivity index (χ4v) is 1.10. The first-order valence-electron chi connectivity index (χ1n) is 3.68. The van der Waals surface area contributed by atoms with Crippen LogP contribution in [0, 0.1) is 0 Å². The molecule has 0 aromatic carbocycles. The van der Waals surface area contributed by atoms with Gasteiger partial charge in [0, 0.05) is 13.1 Å². The number of aliphatic hydroxyl groups excluding tert-OH is 1. The van der Waals surface area contributed by atoms with Crippen LogP contribution < -0.4 is 0 Å². The number of hydrogen-bond acceptors (Lipinski definition) is 3. The fraction of sp³-hybridized carbons (Fsp3) is 1.00. The van der Waals surface area contributed by atoms with Gasteiger partial charge in [-0.15, -0.1) is 0 Å². The molecule has 0 spiro atoms. The molecule has 2 atom stereocenters. The van der Waals surface area contributed by atoms with Gasteiger partial charge in [0.2, 0.25) is 0 Å². The smallest absolute Gasteiger partial charge is 0.0958 e. The van der Waals surface area contributed by atoms with Crippen LogP contribution in [-0.2, 0) is 4.74 Å². The van der Waals surface area contributed by atoms with Gasteiger partial charge in [-0.1, -0.05) is 0 Å². The van der Waals surface area contributed by atoms with Crippen molar-refractivity contribution in [2.24, 2.45) is 0 Å². The molecule has 1 heterocycles. The molecule has 11 heavy (non-hydrogen) atoms. The SMILES string of the molecule is CC(O)C1CN(C)CCO1.O. The van der Waals surface area contributed by atoms with Crippen LogP contribution in [0.5, 0.6) is 0 Å². The van der Waals surface area contributed by atoms with Crippen molar-refractivity contribution in [2.75, 3.05) is 26.7 Å². The van der Waals surface area contributed by atoms with Crippen LogP contribution in [0.25, 0.3) is 0 Å². The summed E-state index contributed by atoms with van der Waals surface area (Å²) in [5, 5.41) is 9.14. The average molecular weight is 163 g/mol. The summed E-state index contributed by atoms with van der Waals surface area (Å²) in [7, 11) is 2.04. The molecule has 0 amide bonds. The number of nitrogens with zero attached hydrogens (tertiary/aromatic N) is 1. The molecule has 0 radical (unpaired) electrons. The number of likely N-dealkylation sites (N-methyl/N-ethyl adjacent to an activating group) is 1. The zero-order valence-electron chi connectivity index (χ0n) is 7.08. The topological polar surface area (TPSA) is 64.2 Å². The number of ether oxygens (including phenoxy) is 1. The highest BCUT2D eigenvalue weighted by Crippen LogP contribution is 2.06. The van der Waals surface area contributed by atoms with Crippen molar-refractivity contribution in [3.63, 3.8) is 0 Å². The van der Waals surface area contributed by atoms with Crippen LogP contribution in [0.3, 0.4) is 0 Å². The lowest BCUT2D eigenvalue weighted by Crippen LogP contribution is -2.44. The summed E-state index contributed by atoms with van der Waals surface area (Å²) in [6, 6.07) is 0. The zero-order valence-corrected chi connectivity index (χ0v) is 7.08. The van der Waals surface area contributed by atoms with Gasteiger partial charge in [0.1, 0.15) is 0 Å². The second kappa shape index (κ2) is 4.66. The Kier molecular flexibility index (Phi) is 4.60. The van der Waals surface area contributed by atoms with Crippen LogP contribution >= 0.6 is 0 Å². The fourth-order valence-electron chi connectivity index (χ4n) is 1.10. The molecular weight excluding hydrogens is 146 g/mol. The van der Waals surface area contributed by atoms with E-state index in [0.29, 0.717) is 0 Å². The van der Waals surface area contributed by atoms with E-state index in [1.165, 1.54) is 0 Å². The number of hydrogen-bond donors (Lipinski definition) is 1. The second-order valence-electron chi connectivity index (χ2n) is 2.91. The Morgan fingerprint density at radius 1 is 1.64 bits per heavy atom. The van der Waals surface area contributed by atoms with Gasteiger partial charge in [-0.2, -0.15) is 0 Å². The van der Waals surface area contributed by atoms with Gasteiger partial charge in [-0.3, -0.25) is 0 Å². The Balaban J connectivity index is 0.000001000. The maximum atomic E-state index is 9.14. The van der Waals surface area contributed by atoms with Gasteiger partial charge < -0.3 is 20.2 Å². The lowest BCUT2D eigenvalue weighted by Gasteiger charge is -2.31. The zero-order chi connectivity index (χ0) is 7.56. The highest BCUT2D eigenvalue weighted by molar-refractivity contribution is 4.72. The number of morpholine rings is 1. The van der Waals surface area contributed by atoms with E-state index in [2.05, 4.69) is 4.90 Å². The van der Waals surface area contributed by atoms with Gasteiger partial charge in [0.05, 0.1) is 18.8 Å². The summed E-state index contributed by atoms with van der Waals surface area (Å²) in [4.78, 5) is 2.17. The first kappa shape index (κ1) is 10.8. The van der Waals surface area contributed by atoms with Crippen molar-refractivity contribution in [1.82, 2.24) is 4.90 Å². The average Bonchev–Trinajstić information content (AvgIpc) is 1.88. The molecule has 2 unspecified atom stereocenters. The minimum Gasteiger partial charge on any atom is -0.412 e. The van der Waals surface area contributed by atoms with E-state index in [9.17, 15) is 0 Å². The van der Waals surface area contributed by atoms with E-state index in [0.717, 1.165) is 19.7 Å². The Morgan fingerprint density at radius 3 is 2.64 bits per heavy atom. The molecule has 0 saturated carbocycles. The minimum atomic E-state index is -0.345. The summed E-state index contributed by atoms with van der Waals surface area (Å²) in [5.41, 5.74) is 0. The quantitative estimate of drug-likeness (QED) is 0.532. The van der Waals surface area contributed by atoms with Crippen molar-refractivity contribution in [3.05, 3.63) is 0 Å². The summed E-state index contributed by atoms with van der Waals surface area (Å²) in [6.45, 7) is 4.33. The monoisotopic (exact) mass is 163 g/mol. The largest absolute Gasteiger partial charge is 0.412 e. The van der Waals surface area contributed by atoms with Gasteiger partial charge in [0.15, 0.2) is 0 Å². The molecule has 4 heteroatoms. The van der Waals surface area contributed by atoms with E-state index >= 15 is 0 Å². The van der Waals surface area contributed by atoms with Crippen LogP contribution in [0.1, 0.15) is 6.92 Å². The minimum absolute atomic E-state index is 0. The third kappa shape index (κ3) is 3.16. The Hall–Kier alpha value is -0.160. The van der Waals surface area contributed by atoms with Crippen LogP contribution in [0.2, 0.25) is 0 Å². The second-order valence-corrected chi connectivity index (χ2v) is 2.91. The highest BCUT2D eigenvalue weighted by Gasteiger charge is 2.21. The Morgan fingerprint density at radius 2 is 2.27 bits per heavy atom.